The zero-order chi connectivity index (χ0) is 21.7. The molecule has 2 amide bonds. The number of carbonyl (C=O) groups is 2. The van der Waals surface area contributed by atoms with Gasteiger partial charge in [-0.2, -0.15) is 0 Å². The summed E-state index contributed by atoms with van der Waals surface area (Å²) in [6, 6.07) is 10.7. The van der Waals surface area contributed by atoms with Crippen molar-refractivity contribution < 1.29 is 23.5 Å². The van der Waals surface area contributed by atoms with E-state index in [1.165, 1.54) is 12.1 Å². The summed E-state index contributed by atoms with van der Waals surface area (Å²) in [5.74, 6) is -0.615. The Kier molecular flexibility index (Phi) is 6.84. The number of benzene rings is 2. The Balaban J connectivity index is 1.41. The smallest absolute Gasteiger partial charge is 0.262 e. The van der Waals surface area contributed by atoms with Gasteiger partial charge in [-0.25, -0.2) is 4.39 Å². The van der Waals surface area contributed by atoms with Crippen LogP contribution >= 0.6 is 23.2 Å². The second-order valence-corrected chi connectivity index (χ2v) is 7.81. The van der Waals surface area contributed by atoms with Gasteiger partial charge in [0.2, 0.25) is 0 Å². The van der Waals surface area contributed by atoms with Crippen LogP contribution in [0.2, 0.25) is 10.0 Å². The average Bonchev–Trinajstić information content (AvgIpc) is 2.66. The van der Waals surface area contributed by atoms with E-state index in [0.717, 1.165) is 6.07 Å². The summed E-state index contributed by atoms with van der Waals surface area (Å²) in [5.41, 5.74) is 0.0711. The van der Waals surface area contributed by atoms with Crippen LogP contribution in [0.4, 0.5) is 4.39 Å². The first-order valence-corrected chi connectivity index (χ1v) is 9.77. The van der Waals surface area contributed by atoms with Crippen molar-refractivity contribution in [2.75, 3.05) is 13.2 Å². The van der Waals surface area contributed by atoms with Gasteiger partial charge in [0.1, 0.15) is 17.3 Å². The predicted molar refractivity (Wildman–Crippen MR) is 111 cm³/mol. The van der Waals surface area contributed by atoms with Gasteiger partial charge in [0.05, 0.1) is 10.6 Å². The highest BCUT2D eigenvalue weighted by atomic mass is 35.5. The Morgan fingerprint density at radius 1 is 1.07 bits per heavy atom. The summed E-state index contributed by atoms with van der Waals surface area (Å²) >= 11 is 11.5. The lowest BCUT2D eigenvalue weighted by Crippen LogP contribution is -2.53. The van der Waals surface area contributed by atoms with Crippen molar-refractivity contribution >= 4 is 35.0 Å². The number of nitrogens with one attached hydrogen (secondary N) is 2. The average molecular weight is 453 g/mol. The first-order valence-electron chi connectivity index (χ1n) is 9.01. The molecule has 0 saturated heterocycles. The molecular formula is C21H19Cl2FN2O4. The van der Waals surface area contributed by atoms with Gasteiger partial charge in [-0.3, -0.25) is 9.59 Å². The van der Waals surface area contributed by atoms with Crippen molar-refractivity contribution in [3.8, 4) is 11.5 Å². The third-order valence-corrected chi connectivity index (χ3v) is 4.74. The van der Waals surface area contributed by atoms with Crippen LogP contribution in [0.25, 0.3) is 0 Å². The van der Waals surface area contributed by atoms with E-state index in [4.69, 9.17) is 32.7 Å². The van der Waals surface area contributed by atoms with Gasteiger partial charge in [-0.1, -0.05) is 29.3 Å². The van der Waals surface area contributed by atoms with Crippen LogP contribution in [0.5, 0.6) is 11.5 Å². The quantitative estimate of drug-likeness (QED) is 0.637. The van der Waals surface area contributed by atoms with E-state index in [2.05, 4.69) is 10.6 Å². The zero-order valence-corrected chi connectivity index (χ0v) is 17.5. The number of halogens is 3. The molecule has 2 aromatic carbocycles. The van der Waals surface area contributed by atoms with Crippen molar-refractivity contribution in [2.45, 2.75) is 18.9 Å². The molecule has 1 aliphatic carbocycles. The molecule has 0 aromatic heterocycles. The standard InChI is InChI=1S/C21H19Cl2FN2O4/c1-21(26-20(28)12-30-15-4-2-3-13(22)7-15)9-14(10-21)25-19(27)11-29-16-5-6-17(23)18(24)8-16/h2-9H,10-12H2,1H3,(H,25,27)(H,26,28). The van der Waals surface area contributed by atoms with E-state index in [1.54, 1.807) is 30.3 Å². The third-order valence-electron chi connectivity index (χ3n) is 4.20. The van der Waals surface area contributed by atoms with Gasteiger partial charge in [-0.05, 0) is 43.3 Å². The van der Waals surface area contributed by atoms with Gasteiger partial charge in [0.25, 0.3) is 11.8 Å². The minimum absolute atomic E-state index is 0.0225. The Labute approximate surface area is 182 Å². The fourth-order valence-electron chi connectivity index (χ4n) is 2.90. The molecule has 30 heavy (non-hydrogen) atoms. The SMILES string of the molecule is CC1(NC(=O)COc2cccc(Cl)c2)C=C(NC(=O)COc2ccc(Cl)c(F)c2)C1. The lowest BCUT2D eigenvalue weighted by Gasteiger charge is -2.37. The maximum Gasteiger partial charge on any atom is 0.262 e. The fourth-order valence-corrected chi connectivity index (χ4v) is 3.20. The Morgan fingerprint density at radius 2 is 1.73 bits per heavy atom. The number of hydrogen-bond donors (Lipinski definition) is 2. The van der Waals surface area contributed by atoms with Gasteiger partial charge in [-0.15, -0.1) is 0 Å². The second-order valence-electron chi connectivity index (χ2n) is 6.97. The molecule has 9 heteroatoms. The van der Waals surface area contributed by atoms with E-state index in [9.17, 15) is 14.0 Å². The summed E-state index contributed by atoms with van der Waals surface area (Å²) in [6.07, 6.45) is 2.18. The van der Waals surface area contributed by atoms with Crippen molar-refractivity contribution in [2.24, 2.45) is 0 Å². The molecule has 0 fully saturated rings. The molecule has 6 nitrogen and oxygen atoms in total. The number of amides is 2. The summed E-state index contributed by atoms with van der Waals surface area (Å²) in [5, 5.41) is 6.02. The molecule has 0 spiro atoms. The molecule has 0 aliphatic heterocycles. The normalized spacial score (nSPS) is 17.4. The highest BCUT2D eigenvalue weighted by Crippen LogP contribution is 2.28. The highest BCUT2D eigenvalue weighted by Gasteiger charge is 2.34. The third kappa shape index (κ3) is 6.11. The molecule has 2 aromatic rings. The van der Waals surface area contributed by atoms with Gasteiger partial charge < -0.3 is 20.1 Å². The molecule has 0 radical (unpaired) electrons. The molecular weight excluding hydrogens is 434 g/mol. The van der Waals surface area contributed by atoms with Crippen LogP contribution in [0.15, 0.2) is 54.2 Å². The monoisotopic (exact) mass is 452 g/mol. The van der Waals surface area contributed by atoms with Crippen LogP contribution in [0.1, 0.15) is 13.3 Å². The fraction of sp³-hybridized carbons (Fsp3) is 0.238. The van der Waals surface area contributed by atoms with Gasteiger partial charge >= 0.3 is 0 Å². The Morgan fingerprint density at radius 3 is 2.40 bits per heavy atom. The van der Waals surface area contributed by atoms with Crippen molar-refractivity contribution in [1.29, 1.82) is 0 Å². The van der Waals surface area contributed by atoms with Crippen LogP contribution in [-0.2, 0) is 9.59 Å². The minimum Gasteiger partial charge on any atom is -0.484 e. The lowest BCUT2D eigenvalue weighted by atomic mass is 9.84. The summed E-state index contributed by atoms with van der Waals surface area (Å²) in [4.78, 5) is 24.1. The molecule has 1 atom stereocenters. The molecule has 3 rings (SSSR count). The summed E-state index contributed by atoms with van der Waals surface area (Å²) in [6.45, 7) is 1.39. The number of carbonyl (C=O) groups excluding carboxylic acids is 2. The van der Waals surface area contributed by atoms with Crippen LogP contribution < -0.4 is 20.1 Å². The first-order chi connectivity index (χ1) is 14.2. The molecule has 0 bridgehead atoms. The molecule has 0 heterocycles. The van der Waals surface area contributed by atoms with E-state index >= 15 is 0 Å². The van der Waals surface area contributed by atoms with Crippen molar-refractivity contribution in [3.63, 3.8) is 0 Å². The van der Waals surface area contributed by atoms with Gasteiger partial charge in [0.15, 0.2) is 13.2 Å². The van der Waals surface area contributed by atoms with E-state index in [1.807, 2.05) is 6.92 Å². The van der Waals surface area contributed by atoms with E-state index < -0.39 is 17.3 Å². The molecule has 0 saturated carbocycles. The van der Waals surface area contributed by atoms with Crippen molar-refractivity contribution in [1.82, 2.24) is 10.6 Å². The molecule has 2 N–H and O–H groups in total. The lowest BCUT2D eigenvalue weighted by molar-refractivity contribution is -0.124. The van der Waals surface area contributed by atoms with Crippen LogP contribution in [0.3, 0.4) is 0 Å². The maximum absolute atomic E-state index is 13.4. The van der Waals surface area contributed by atoms with Gasteiger partial charge in [0, 0.05) is 23.2 Å². The zero-order valence-electron chi connectivity index (χ0n) is 16.0. The highest BCUT2D eigenvalue weighted by molar-refractivity contribution is 6.31. The maximum atomic E-state index is 13.4. The Hall–Kier alpha value is -2.77. The van der Waals surface area contributed by atoms with Crippen molar-refractivity contribution in [3.05, 3.63) is 70.1 Å². The minimum atomic E-state index is -0.623. The Bertz CT molecular complexity index is 999. The first kappa shape index (κ1) is 21.9. The second kappa shape index (κ2) is 9.36. The summed E-state index contributed by atoms with van der Waals surface area (Å²) in [7, 11) is 0. The van der Waals surface area contributed by atoms with Crippen LogP contribution in [0, 0.1) is 5.82 Å². The largest absolute Gasteiger partial charge is 0.484 e. The molecule has 158 valence electrons. The number of rotatable bonds is 8. The topological polar surface area (TPSA) is 76.7 Å². The summed E-state index contributed by atoms with van der Waals surface area (Å²) < 4.78 is 24.0. The molecule has 1 aliphatic rings. The number of ether oxygens (including phenoxy) is 2. The van der Waals surface area contributed by atoms with Crippen LogP contribution in [-0.4, -0.2) is 30.6 Å². The molecule has 1 unspecified atom stereocenters. The van der Waals surface area contributed by atoms with E-state index in [-0.39, 0.29) is 29.9 Å². The van der Waals surface area contributed by atoms with E-state index in [0.29, 0.717) is 22.9 Å². The number of hydrogen-bond acceptors (Lipinski definition) is 4. The predicted octanol–water partition coefficient (Wildman–Crippen LogP) is 3.87.